The van der Waals surface area contributed by atoms with E-state index >= 15 is 0 Å². The van der Waals surface area contributed by atoms with Crippen molar-refractivity contribution < 1.29 is 4.74 Å². The van der Waals surface area contributed by atoms with Crippen LogP contribution in [0.15, 0.2) is 41.8 Å². The number of rotatable bonds is 4. The predicted octanol–water partition coefficient (Wildman–Crippen LogP) is 2.70. The third kappa shape index (κ3) is 2.50. The maximum absolute atomic E-state index is 5.84. The molecule has 2 N–H and O–H groups in total. The summed E-state index contributed by atoms with van der Waals surface area (Å²) in [4.78, 5) is 5.54. The molecule has 102 valence electrons. The molecule has 3 aromatic rings. The van der Waals surface area contributed by atoms with Gasteiger partial charge in [-0.3, -0.25) is 0 Å². The van der Waals surface area contributed by atoms with Crippen molar-refractivity contribution in [3.63, 3.8) is 0 Å². The highest BCUT2D eigenvalue weighted by atomic mass is 32.1. The summed E-state index contributed by atoms with van der Waals surface area (Å²) in [5, 5.41) is 6.40. The zero-order valence-electron chi connectivity index (χ0n) is 11.0. The van der Waals surface area contributed by atoms with Crippen LogP contribution in [0.1, 0.15) is 5.82 Å². The van der Waals surface area contributed by atoms with Crippen molar-refractivity contribution in [2.75, 3.05) is 5.73 Å². The Labute approximate surface area is 120 Å². The summed E-state index contributed by atoms with van der Waals surface area (Å²) in [6, 6.07) is 11.4. The molecule has 0 fully saturated rings. The van der Waals surface area contributed by atoms with Gasteiger partial charge in [-0.15, -0.1) is 16.4 Å². The molecule has 0 saturated heterocycles. The first-order valence-electron chi connectivity index (χ1n) is 6.15. The Morgan fingerprint density at radius 2 is 2.10 bits per heavy atom. The highest BCUT2D eigenvalue weighted by Gasteiger charge is 2.11. The maximum Gasteiger partial charge on any atom is 0.191 e. The molecule has 0 aliphatic carbocycles. The molecule has 1 aromatic carbocycles. The molecule has 2 heterocycles. The lowest BCUT2D eigenvalue weighted by molar-refractivity contribution is 0.291. The number of ether oxygens (including phenoxy) is 1. The lowest BCUT2D eigenvalue weighted by Gasteiger charge is -2.07. The number of benzene rings is 1. The van der Waals surface area contributed by atoms with E-state index in [-0.39, 0.29) is 0 Å². The van der Waals surface area contributed by atoms with Crippen molar-refractivity contribution >= 4 is 17.0 Å². The molecule has 5 nitrogen and oxygen atoms in total. The molecule has 0 spiro atoms. The van der Waals surface area contributed by atoms with E-state index in [1.807, 2.05) is 48.8 Å². The number of thiophene rings is 1. The topological polar surface area (TPSA) is 66.0 Å². The molecule has 0 saturated carbocycles. The van der Waals surface area contributed by atoms with E-state index in [9.17, 15) is 0 Å². The first-order valence-corrected chi connectivity index (χ1v) is 7.03. The van der Waals surface area contributed by atoms with Crippen molar-refractivity contribution in [3.05, 3.63) is 47.6 Å². The Kier molecular flexibility index (Phi) is 3.39. The fraction of sp³-hybridized carbons (Fsp3) is 0.143. The van der Waals surface area contributed by atoms with Crippen molar-refractivity contribution in [1.29, 1.82) is 0 Å². The standard InChI is InChI=1S/C14H14N4OS/c1-18-13(9-19-11-6-3-2-5-10(11)15)16-14(17-18)12-7-4-8-20-12/h2-8H,9,15H2,1H3. The van der Waals surface area contributed by atoms with Crippen molar-refractivity contribution in [2.45, 2.75) is 6.61 Å². The minimum atomic E-state index is 0.336. The number of nitrogens with two attached hydrogens (primary N) is 1. The quantitative estimate of drug-likeness (QED) is 0.749. The number of hydrogen-bond acceptors (Lipinski definition) is 5. The van der Waals surface area contributed by atoms with Gasteiger partial charge in [0.15, 0.2) is 11.6 Å². The average molecular weight is 286 g/mol. The highest BCUT2D eigenvalue weighted by Crippen LogP contribution is 2.23. The predicted molar refractivity (Wildman–Crippen MR) is 79.5 cm³/mol. The zero-order chi connectivity index (χ0) is 13.9. The summed E-state index contributed by atoms with van der Waals surface area (Å²) in [6.45, 7) is 0.336. The molecule has 20 heavy (non-hydrogen) atoms. The molecule has 0 radical (unpaired) electrons. The maximum atomic E-state index is 5.84. The van der Waals surface area contributed by atoms with Crippen LogP contribution < -0.4 is 10.5 Å². The number of anilines is 1. The summed E-state index contributed by atoms with van der Waals surface area (Å²) < 4.78 is 7.42. The van der Waals surface area contributed by atoms with Crippen LogP contribution in [0.3, 0.4) is 0 Å². The van der Waals surface area contributed by atoms with Gasteiger partial charge in [-0.2, -0.15) is 0 Å². The smallest absolute Gasteiger partial charge is 0.191 e. The van der Waals surface area contributed by atoms with Crippen LogP contribution >= 0.6 is 11.3 Å². The Bertz CT molecular complexity index is 706. The third-order valence-corrected chi connectivity index (χ3v) is 3.74. The molecule has 3 rings (SSSR count). The number of nitrogen functional groups attached to an aromatic ring is 1. The number of aryl methyl sites for hydroxylation is 1. The summed E-state index contributed by atoms with van der Waals surface area (Å²) >= 11 is 1.62. The lowest BCUT2D eigenvalue weighted by Crippen LogP contribution is -2.05. The van der Waals surface area contributed by atoms with E-state index in [4.69, 9.17) is 10.5 Å². The molecule has 0 bridgehead atoms. The lowest BCUT2D eigenvalue weighted by atomic mass is 10.3. The SMILES string of the molecule is Cn1nc(-c2cccs2)nc1COc1ccccc1N. The first-order chi connectivity index (χ1) is 9.74. The normalized spacial score (nSPS) is 10.7. The second-order valence-electron chi connectivity index (χ2n) is 4.28. The van der Waals surface area contributed by atoms with E-state index in [0.717, 1.165) is 16.5 Å². The molecular weight excluding hydrogens is 272 g/mol. The van der Waals surface area contributed by atoms with Gasteiger partial charge in [-0.1, -0.05) is 18.2 Å². The fourth-order valence-corrected chi connectivity index (χ4v) is 2.46. The van der Waals surface area contributed by atoms with Gasteiger partial charge in [0.25, 0.3) is 0 Å². The molecule has 0 aliphatic heterocycles. The van der Waals surface area contributed by atoms with Crippen LogP contribution in [0, 0.1) is 0 Å². The fourth-order valence-electron chi connectivity index (χ4n) is 1.81. The van der Waals surface area contributed by atoms with E-state index in [1.165, 1.54) is 0 Å². The first kappa shape index (κ1) is 12.7. The van der Waals surface area contributed by atoms with E-state index in [0.29, 0.717) is 18.0 Å². The molecule has 0 unspecified atom stereocenters. The van der Waals surface area contributed by atoms with Gasteiger partial charge in [0.1, 0.15) is 12.4 Å². The Morgan fingerprint density at radius 3 is 2.85 bits per heavy atom. The van der Waals surface area contributed by atoms with Gasteiger partial charge in [0, 0.05) is 7.05 Å². The molecular formula is C14H14N4OS. The van der Waals surface area contributed by atoms with Crippen molar-refractivity contribution in [1.82, 2.24) is 14.8 Å². The molecule has 2 aromatic heterocycles. The third-order valence-electron chi connectivity index (χ3n) is 2.87. The van der Waals surface area contributed by atoms with Gasteiger partial charge < -0.3 is 10.5 Å². The Balaban J connectivity index is 1.77. The van der Waals surface area contributed by atoms with Crippen LogP contribution in [0.5, 0.6) is 5.75 Å². The van der Waals surface area contributed by atoms with E-state index in [2.05, 4.69) is 10.1 Å². The van der Waals surface area contributed by atoms with Crippen LogP contribution in [-0.4, -0.2) is 14.8 Å². The summed E-state index contributed by atoms with van der Waals surface area (Å²) in [5.41, 5.74) is 6.46. The number of hydrogen-bond donors (Lipinski definition) is 1. The number of aromatic nitrogens is 3. The zero-order valence-corrected chi connectivity index (χ0v) is 11.8. The van der Waals surface area contributed by atoms with E-state index in [1.54, 1.807) is 16.0 Å². The monoisotopic (exact) mass is 286 g/mol. The Morgan fingerprint density at radius 1 is 1.25 bits per heavy atom. The number of para-hydroxylation sites is 2. The van der Waals surface area contributed by atoms with Gasteiger partial charge in [0.2, 0.25) is 0 Å². The largest absolute Gasteiger partial charge is 0.483 e. The van der Waals surface area contributed by atoms with E-state index < -0.39 is 0 Å². The molecule has 0 aliphatic rings. The Hall–Kier alpha value is -2.34. The number of nitrogens with zero attached hydrogens (tertiary/aromatic N) is 3. The minimum Gasteiger partial charge on any atom is -0.483 e. The second-order valence-corrected chi connectivity index (χ2v) is 5.23. The van der Waals surface area contributed by atoms with Crippen molar-refractivity contribution in [2.24, 2.45) is 7.05 Å². The van der Waals surface area contributed by atoms with Crippen LogP contribution in [0.25, 0.3) is 10.7 Å². The van der Waals surface area contributed by atoms with Gasteiger partial charge in [0.05, 0.1) is 10.6 Å². The molecule has 0 atom stereocenters. The highest BCUT2D eigenvalue weighted by molar-refractivity contribution is 7.13. The van der Waals surface area contributed by atoms with Crippen LogP contribution in [0.4, 0.5) is 5.69 Å². The van der Waals surface area contributed by atoms with Crippen LogP contribution in [0.2, 0.25) is 0 Å². The summed E-state index contributed by atoms with van der Waals surface area (Å²) in [6.07, 6.45) is 0. The average Bonchev–Trinajstić information content (AvgIpc) is 3.07. The van der Waals surface area contributed by atoms with Gasteiger partial charge in [-0.25, -0.2) is 9.67 Å². The molecule has 0 amide bonds. The van der Waals surface area contributed by atoms with Gasteiger partial charge in [-0.05, 0) is 23.6 Å². The van der Waals surface area contributed by atoms with Crippen molar-refractivity contribution in [3.8, 4) is 16.5 Å². The van der Waals surface area contributed by atoms with Crippen LogP contribution in [-0.2, 0) is 13.7 Å². The summed E-state index contributed by atoms with van der Waals surface area (Å²) in [5.74, 6) is 2.15. The molecule has 6 heteroatoms. The summed E-state index contributed by atoms with van der Waals surface area (Å²) in [7, 11) is 1.86. The second kappa shape index (κ2) is 5.34. The van der Waals surface area contributed by atoms with Gasteiger partial charge >= 0.3 is 0 Å². The minimum absolute atomic E-state index is 0.336.